The Morgan fingerprint density at radius 3 is 2.59 bits per heavy atom. The maximum Gasteiger partial charge on any atom is 0.220 e. The van der Waals surface area contributed by atoms with Gasteiger partial charge in [0.1, 0.15) is 5.75 Å². The van der Waals surface area contributed by atoms with Gasteiger partial charge >= 0.3 is 0 Å². The van der Waals surface area contributed by atoms with Gasteiger partial charge in [-0.15, -0.1) is 0 Å². The van der Waals surface area contributed by atoms with Crippen LogP contribution in [-0.4, -0.2) is 63.7 Å². The minimum absolute atomic E-state index is 0.138. The molecular weight excluding hydrogens is 368 g/mol. The number of guanidine groups is 1. The Balaban J connectivity index is 1.68. The summed E-state index contributed by atoms with van der Waals surface area (Å²) in [6, 6.07) is 7.94. The number of ether oxygens (including phenoxy) is 2. The van der Waals surface area contributed by atoms with Gasteiger partial charge in [-0.2, -0.15) is 0 Å². The van der Waals surface area contributed by atoms with Crippen molar-refractivity contribution >= 4 is 11.9 Å². The fraction of sp³-hybridized carbons (Fsp3) is 0.636. The molecule has 1 fully saturated rings. The number of piperidine rings is 1. The molecule has 7 heteroatoms. The summed E-state index contributed by atoms with van der Waals surface area (Å²) in [5.74, 6) is 2.44. The number of nitrogens with one attached hydrogen (secondary N) is 2. The maximum atomic E-state index is 11.6. The van der Waals surface area contributed by atoms with Crippen LogP contribution in [0.4, 0.5) is 0 Å². The molecule has 29 heavy (non-hydrogen) atoms. The Bertz CT molecular complexity index is 625. The molecule has 0 bridgehead atoms. The van der Waals surface area contributed by atoms with Gasteiger partial charge in [0.15, 0.2) is 5.96 Å². The molecule has 1 amide bonds. The number of aliphatic imine (C=N–C) groups is 1. The Hall–Kier alpha value is -2.28. The van der Waals surface area contributed by atoms with E-state index < -0.39 is 0 Å². The summed E-state index contributed by atoms with van der Waals surface area (Å²) in [6.07, 6.45) is 3.58. The second-order valence-electron chi connectivity index (χ2n) is 7.30. The average Bonchev–Trinajstić information content (AvgIpc) is 2.76. The van der Waals surface area contributed by atoms with Gasteiger partial charge in [0.05, 0.1) is 13.7 Å². The molecule has 1 aliphatic heterocycles. The molecule has 1 aromatic carbocycles. The predicted molar refractivity (Wildman–Crippen MR) is 116 cm³/mol. The van der Waals surface area contributed by atoms with E-state index in [1.807, 2.05) is 24.3 Å². The highest BCUT2D eigenvalue weighted by molar-refractivity contribution is 5.80. The Morgan fingerprint density at radius 1 is 1.24 bits per heavy atom. The summed E-state index contributed by atoms with van der Waals surface area (Å²) in [5.41, 5.74) is 1.14. The number of benzene rings is 1. The number of likely N-dealkylation sites (tertiary alicyclic amines) is 1. The average molecular weight is 405 g/mol. The smallest absolute Gasteiger partial charge is 0.220 e. The van der Waals surface area contributed by atoms with E-state index in [1.54, 1.807) is 14.2 Å². The molecule has 1 aliphatic rings. The first-order valence-corrected chi connectivity index (χ1v) is 10.6. The van der Waals surface area contributed by atoms with E-state index >= 15 is 0 Å². The van der Waals surface area contributed by atoms with Crippen LogP contribution in [0.15, 0.2) is 29.3 Å². The molecule has 0 spiro atoms. The number of methoxy groups -OCH3 is 1. The Kier molecular flexibility index (Phi) is 10.3. The van der Waals surface area contributed by atoms with Gasteiger partial charge in [0, 0.05) is 46.3 Å². The SMILES string of the molecule is CCNC(=NCCCOCc1ccc(OC)cc1)N1CCC(CC(=O)NC)CC1. The fourth-order valence-electron chi connectivity index (χ4n) is 3.40. The number of nitrogens with zero attached hydrogens (tertiary/aromatic N) is 2. The fourth-order valence-corrected chi connectivity index (χ4v) is 3.40. The van der Waals surface area contributed by atoms with E-state index in [4.69, 9.17) is 14.5 Å². The molecule has 7 nitrogen and oxygen atoms in total. The highest BCUT2D eigenvalue weighted by Crippen LogP contribution is 2.20. The van der Waals surface area contributed by atoms with Crippen molar-refractivity contribution in [3.63, 3.8) is 0 Å². The van der Waals surface area contributed by atoms with Gasteiger partial charge in [0.25, 0.3) is 0 Å². The molecular formula is C22H36N4O3. The molecule has 1 aromatic rings. The van der Waals surface area contributed by atoms with Crippen LogP contribution in [0.2, 0.25) is 0 Å². The summed E-state index contributed by atoms with van der Waals surface area (Å²) in [7, 11) is 3.37. The third-order valence-corrected chi connectivity index (χ3v) is 5.14. The van der Waals surface area contributed by atoms with Crippen molar-refractivity contribution in [3.05, 3.63) is 29.8 Å². The normalized spacial score (nSPS) is 15.3. The number of hydrogen-bond acceptors (Lipinski definition) is 4. The van der Waals surface area contributed by atoms with E-state index in [9.17, 15) is 4.79 Å². The second-order valence-corrected chi connectivity index (χ2v) is 7.30. The van der Waals surface area contributed by atoms with Crippen LogP contribution in [0.3, 0.4) is 0 Å². The van der Waals surface area contributed by atoms with Crippen LogP contribution < -0.4 is 15.4 Å². The van der Waals surface area contributed by atoms with Crippen molar-refractivity contribution < 1.29 is 14.3 Å². The van der Waals surface area contributed by atoms with Crippen molar-refractivity contribution in [2.75, 3.05) is 46.9 Å². The molecule has 0 aliphatic carbocycles. The van der Waals surface area contributed by atoms with Crippen LogP contribution >= 0.6 is 0 Å². The monoisotopic (exact) mass is 404 g/mol. The first-order valence-electron chi connectivity index (χ1n) is 10.6. The zero-order chi connectivity index (χ0) is 20.9. The molecule has 0 saturated carbocycles. The van der Waals surface area contributed by atoms with Gasteiger partial charge in [-0.05, 0) is 49.8 Å². The van der Waals surface area contributed by atoms with Crippen LogP contribution in [-0.2, 0) is 16.1 Å². The molecule has 0 radical (unpaired) electrons. The van der Waals surface area contributed by atoms with Crippen LogP contribution in [0.25, 0.3) is 0 Å². The number of hydrogen-bond donors (Lipinski definition) is 2. The Morgan fingerprint density at radius 2 is 1.97 bits per heavy atom. The van der Waals surface area contributed by atoms with E-state index in [1.165, 1.54) is 0 Å². The van der Waals surface area contributed by atoms with Crippen LogP contribution in [0.1, 0.15) is 38.2 Å². The largest absolute Gasteiger partial charge is 0.497 e. The highest BCUT2D eigenvalue weighted by Gasteiger charge is 2.22. The molecule has 0 unspecified atom stereocenters. The third kappa shape index (κ3) is 8.31. The minimum Gasteiger partial charge on any atom is -0.497 e. The van der Waals surface area contributed by atoms with Gasteiger partial charge in [-0.3, -0.25) is 9.79 Å². The van der Waals surface area contributed by atoms with Crippen LogP contribution in [0.5, 0.6) is 5.75 Å². The summed E-state index contributed by atoms with van der Waals surface area (Å²) in [5, 5.41) is 6.11. The lowest BCUT2D eigenvalue weighted by Crippen LogP contribution is -2.46. The number of amides is 1. The Labute approximate surface area is 174 Å². The highest BCUT2D eigenvalue weighted by atomic mass is 16.5. The molecule has 2 N–H and O–H groups in total. The van der Waals surface area contributed by atoms with E-state index in [0.717, 1.165) is 62.7 Å². The molecule has 0 atom stereocenters. The standard InChI is InChI=1S/C22H36N4O3/c1-4-24-22(26-13-10-18(11-14-26)16-21(27)23-2)25-12-5-15-29-17-19-6-8-20(28-3)9-7-19/h6-9,18H,4-5,10-17H2,1-3H3,(H,23,27)(H,24,25). The summed E-state index contributed by atoms with van der Waals surface area (Å²) >= 11 is 0. The quantitative estimate of drug-likeness (QED) is 0.356. The first-order chi connectivity index (χ1) is 14.2. The number of rotatable bonds is 10. The van der Waals surface area contributed by atoms with Gasteiger partial charge in [-0.25, -0.2) is 0 Å². The van der Waals surface area contributed by atoms with Crippen molar-refractivity contribution in [1.82, 2.24) is 15.5 Å². The third-order valence-electron chi connectivity index (χ3n) is 5.14. The molecule has 2 rings (SSSR count). The van der Waals surface area contributed by atoms with Gasteiger partial charge in [-0.1, -0.05) is 12.1 Å². The number of carbonyl (C=O) groups is 1. The van der Waals surface area contributed by atoms with Gasteiger partial charge < -0.3 is 25.0 Å². The second kappa shape index (κ2) is 13.0. The molecule has 0 aromatic heterocycles. The lowest BCUT2D eigenvalue weighted by Gasteiger charge is -2.34. The van der Waals surface area contributed by atoms with Crippen molar-refractivity contribution in [2.24, 2.45) is 10.9 Å². The van der Waals surface area contributed by atoms with E-state index in [-0.39, 0.29) is 5.91 Å². The van der Waals surface area contributed by atoms with Crippen molar-refractivity contribution in [3.8, 4) is 5.75 Å². The van der Waals surface area contributed by atoms with Crippen molar-refractivity contribution in [2.45, 2.75) is 39.2 Å². The maximum absolute atomic E-state index is 11.6. The summed E-state index contributed by atoms with van der Waals surface area (Å²) in [6.45, 7) is 6.86. The molecule has 1 heterocycles. The first kappa shape index (κ1) is 23.0. The summed E-state index contributed by atoms with van der Waals surface area (Å²) < 4.78 is 10.9. The minimum atomic E-state index is 0.138. The van der Waals surface area contributed by atoms with E-state index in [0.29, 0.717) is 25.6 Å². The van der Waals surface area contributed by atoms with E-state index in [2.05, 4.69) is 22.5 Å². The molecule has 1 saturated heterocycles. The van der Waals surface area contributed by atoms with Gasteiger partial charge in [0.2, 0.25) is 5.91 Å². The summed E-state index contributed by atoms with van der Waals surface area (Å²) in [4.78, 5) is 18.6. The lowest BCUT2D eigenvalue weighted by molar-refractivity contribution is -0.121. The topological polar surface area (TPSA) is 75.2 Å². The zero-order valence-corrected chi connectivity index (χ0v) is 18.1. The zero-order valence-electron chi connectivity index (χ0n) is 18.1. The van der Waals surface area contributed by atoms with Crippen LogP contribution in [0, 0.1) is 5.92 Å². The lowest BCUT2D eigenvalue weighted by atomic mass is 9.93. The molecule has 162 valence electrons. The van der Waals surface area contributed by atoms with Crippen molar-refractivity contribution in [1.29, 1.82) is 0 Å². The predicted octanol–water partition coefficient (Wildman–Crippen LogP) is 2.42. The number of carbonyl (C=O) groups excluding carboxylic acids is 1.